The maximum Gasteiger partial charge on any atom is 0.289 e. The molecule has 0 radical (unpaired) electrons. The molecule has 0 bridgehead atoms. The number of halogens is 1. The third kappa shape index (κ3) is 3.85. The molecular weight excluding hydrogens is 338 g/mol. The average molecular weight is 358 g/mol. The minimum atomic E-state index is -0.330. The highest BCUT2D eigenvalue weighted by atomic mass is 79.9. The van der Waals surface area contributed by atoms with Gasteiger partial charge in [0, 0.05) is 13.6 Å². The topological polar surface area (TPSA) is 88.6 Å². The first-order chi connectivity index (χ1) is 9.96. The van der Waals surface area contributed by atoms with E-state index in [2.05, 4.69) is 21.2 Å². The maximum atomic E-state index is 12.1. The Labute approximate surface area is 132 Å². The van der Waals surface area contributed by atoms with Gasteiger partial charge in [-0.15, -0.1) is 0 Å². The number of nitrogens with zero attached hydrogens (tertiary/aromatic N) is 1. The predicted molar refractivity (Wildman–Crippen MR) is 81.8 cm³/mol. The largest absolute Gasteiger partial charge is 0.444 e. The van der Waals surface area contributed by atoms with Gasteiger partial charge in [-0.3, -0.25) is 9.59 Å². The molecule has 0 atom stereocenters. The highest BCUT2D eigenvalue weighted by Gasteiger charge is 2.34. The summed E-state index contributed by atoms with van der Waals surface area (Å²) in [7, 11) is 1.57. The van der Waals surface area contributed by atoms with Crippen molar-refractivity contribution in [1.82, 2.24) is 10.2 Å². The van der Waals surface area contributed by atoms with Crippen molar-refractivity contribution in [3.05, 3.63) is 22.6 Å². The number of furan rings is 1. The number of hydrogen-bond donors (Lipinski definition) is 2. The molecule has 1 aromatic heterocycles. The monoisotopic (exact) mass is 357 g/mol. The van der Waals surface area contributed by atoms with Crippen LogP contribution in [0.15, 0.2) is 21.2 Å². The van der Waals surface area contributed by atoms with Gasteiger partial charge in [-0.05, 0) is 40.9 Å². The van der Waals surface area contributed by atoms with Crippen LogP contribution in [0.25, 0.3) is 0 Å². The van der Waals surface area contributed by atoms with Crippen LogP contribution in [0, 0.1) is 0 Å². The van der Waals surface area contributed by atoms with Crippen LogP contribution in [0.3, 0.4) is 0 Å². The lowest BCUT2D eigenvalue weighted by Gasteiger charge is -2.29. The second-order valence-corrected chi connectivity index (χ2v) is 6.29. The van der Waals surface area contributed by atoms with E-state index >= 15 is 0 Å². The zero-order valence-electron chi connectivity index (χ0n) is 12.0. The van der Waals surface area contributed by atoms with E-state index in [1.165, 1.54) is 4.90 Å². The van der Waals surface area contributed by atoms with Crippen LogP contribution < -0.4 is 11.1 Å². The molecule has 1 fully saturated rings. The summed E-state index contributed by atoms with van der Waals surface area (Å²) < 4.78 is 5.68. The summed E-state index contributed by atoms with van der Waals surface area (Å²) in [6.45, 7) is 0.417. The van der Waals surface area contributed by atoms with Gasteiger partial charge >= 0.3 is 0 Å². The SMILES string of the molecule is CN(CC(=O)NC1(CN)CCCC1)C(=O)c1ccc(Br)o1. The molecule has 1 aromatic rings. The normalized spacial score (nSPS) is 16.7. The second kappa shape index (κ2) is 6.62. The fraction of sp³-hybridized carbons (Fsp3) is 0.571. The van der Waals surface area contributed by atoms with E-state index < -0.39 is 0 Å². The number of likely N-dealkylation sites (N-methyl/N-ethyl adjacent to an activating group) is 1. The van der Waals surface area contributed by atoms with Crippen molar-refractivity contribution >= 4 is 27.7 Å². The highest BCUT2D eigenvalue weighted by molar-refractivity contribution is 9.10. The molecule has 1 saturated carbocycles. The van der Waals surface area contributed by atoms with Crippen LogP contribution in [0.5, 0.6) is 0 Å². The summed E-state index contributed by atoms with van der Waals surface area (Å²) in [5.41, 5.74) is 5.49. The fourth-order valence-corrected chi connectivity index (χ4v) is 2.98. The Morgan fingerprint density at radius 2 is 2.10 bits per heavy atom. The van der Waals surface area contributed by atoms with Gasteiger partial charge in [0.25, 0.3) is 5.91 Å². The van der Waals surface area contributed by atoms with Crippen molar-refractivity contribution in [3.8, 4) is 0 Å². The molecule has 0 spiro atoms. The summed E-state index contributed by atoms with van der Waals surface area (Å²) in [6, 6.07) is 3.21. The molecule has 1 aliphatic carbocycles. The van der Waals surface area contributed by atoms with E-state index in [1.807, 2.05) is 0 Å². The molecule has 1 heterocycles. The van der Waals surface area contributed by atoms with Gasteiger partial charge in [-0.2, -0.15) is 0 Å². The van der Waals surface area contributed by atoms with Gasteiger partial charge < -0.3 is 20.4 Å². The van der Waals surface area contributed by atoms with Gasteiger partial charge in [-0.25, -0.2) is 0 Å². The number of nitrogens with one attached hydrogen (secondary N) is 1. The first-order valence-electron chi connectivity index (χ1n) is 6.98. The molecule has 1 aliphatic rings. The lowest BCUT2D eigenvalue weighted by atomic mass is 9.98. The minimum absolute atomic E-state index is 0.0150. The molecule has 3 N–H and O–H groups in total. The van der Waals surface area contributed by atoms with E-state index in [1.54, 1.807) is 19.2 Å². The summed E-state index contributed by atoms with van der Waals surface area (Å²) in [4.78, 5) is 25.5. The van der Waals surface area contributed by atoms with Gasteiger partial charge in [0.05, 0.1) is 12.1 Å². The number of rotatable bonds is 5. The number of carbonyl (C=O) groups excluding carboxylic acids is 2. The number of nitrogens with two attached hydrogens (primary N) is 1. The molecule has 116 valence electrons. The third-order valence-electron chi connectivity index (χ3n) is 3.87. The Balaban J connectivity index is 1.91. The molecule has 0 saturated heterocycles. The smallest absolute Gasteiger partial charge is 0.289 e. The summed E-state index contributed by atoms with van der Waals surface area (Å²) in [5.74, 6) is -0.320. The molecule has 21 heavy (non-hydrogen) atoms. The molecule has 0 unspecified atom stereocenters. The Bertz CT molecular complexity index is 523. The Hall–Kier alpha value is -1.34. The van der Waals surface area contributed by atoms with Crippen LogP contribution in [-0.4, -0.2) is 42.4 Å². The maximum absolute atomic E-state index is 12.1. The zero-order valence-corrected chi connectivity index (χ0v) is 13.6. The number of amides is 2. The lowest BCUT2D eigenvalue weighted by molar-refractivity contribution is -0.123. The fourth-order valence-electron chi connectivity index (χ4n) is 2.67. The third-order valence-corrected chi connectivity index (χ3v) is 4.29. The number of hydrogen-bond acceptors (Lipinski definition) is 4. The summed E-state index contributed by atoms with van der Waals surface area (Å²) in [6.07, 6.45) is 3.95. The molecule has 0 aliphatic heterocycles. The quantitative estimate of drug-likeness (QED) is 0.835. The van der Waals surface area contributed by atoms with Crippen molar-refractivity contribution in [2.45, 2.75) is 31.2 Å². The summed E-state index contributed by atoms with van der Waals surface area (Å²) >= 11 is 3.14. The van der Waals surface area contributed by atoms with E-state index in [4.69, 9.17) is 10.2 Å². The molecule has 2 amide bonds. The van der Waals surface area contributed by atoms with Crippen molar-refractivity contribution in [3.63, 3.8) is 0 Å². The van der Waals surface area contributed by atoms with Crippen LogP contribution >= 0.6 is 15.9 Å². The van der Waals surface area contributed by atoms with Crippen LogP contribution in [0.2, 0.25) is 0 Å². The van der Waals surface area contributed by atoms with Gasteiger partial charge in [0.15, 0.2) is 10.4 Å². The van der Waals surface area contributed by atoms with Crippen molar-refractivity contribution in [2.75, 3.05) is 20.1 Å². The first kappa shape index (κ1) is 16.0. The van der Waals surface area contributed by atoms with E-state index in [-0.39, 0.29) is 29.7 Å². The number of carbonyl (C=O) groups is 2. The van der Waals surface area contributed by atoms with Crippen LogP contribution in [0.4, 0.5) is 0 Å². The molecular formula is C14H20BrN3O3. The Kier molecular flexibility index (Phi) is 5.05. The van der Waals surface area contributed by atoms with Crippen molar-refractivity contribution < 1.29 is 14.0 Å². The minimum Gasteiger partial charge on any atom is -0.444 e. The zero-order chi connectivity index (χ0) is 15.5. The van der Waals surface area contributed by atoms with Crippen molar-refractivity contribution in [1.29, 1.82) is 0 Å². The van der Waals surface area contributed by atoms with Gasteiger partial charge in [0.2, 0.25) is 5.91 Å². The molecule has 6 nitrogen and oxygen atoms in total. The Morgan fingerprint density at radius 1 is 1.43 bits per heavy atom. The predicted octanol–water partition coefficient (Wildman–Crippen LogP) is 1.50. The summed E-state index contributed by atoms with van der Waals surface area (Å²) in [5, 5.41) is 2.99. The van der Waals surface area contributed by atoms with Crippen molar-refractivity contribution in [2.24, 2.45) is 5.73 Å². The highest BCUT2D eigenvalue weighted by Crippen LogP contribution is 2.28. The van der Waals surface area contributed by atoms with Crippen LogP contribution in [-0.2, 0) is 4.79 Å². The van der Waals surface area contributed by atoms with E-state index in [9.17, 15) is 9.59 Å². The lowest BCUT2D eigenvalue weighted by Crippen LogP contribution is -2.54. The van der Waals surface area contributed by atoms with E-state index in [0.717, 1.165) is 25.7 Å². The van der Waals surface area contributed by atoms with E-state index in [0.29, 0.717) is 11.2 Å². The standard InChI is InChI=1S/C14H20BrN3O3/c1-18(13(20)10-4-5-11(15)21-10)8-12(19)17-14(9-16)6-2-3-7-14/h4-5H,2-3,6-9,16H2,1H3,(H,17,19). The van der Waals surface area contributed by atoms with Gasteiger partial charge in [-0.1, -0.05) is 12.8 Å². The first-order valence-corrected chi connectivity index (χ1v) is 7.77. The average Bonchev–Trinajstić information content (AvgIpc) is 3.07. The molecule has 2 rings (SSSR count). The van der Waals surface area contributed by atoms with Gasteiger partial charge in [0.1, 0.15) is 0 Å². The molecule has 7 heteroatoms. The molecule has 0 aromatic carbocycles. The Morgan fingerprint density at radius 3 is 2.62 bits per heavy atom. The van der Waals surface area contributed by atoms with Crippen LogP contribution in [0.1, 0.15) is 36.2 Å². The second-order valence-electron chi connectivity index (χ2n) is 5.50.